The van der Waals surface area contributed by atoms with Gasteiger partial charge in [0.2, 0.25) is 11.8 Å². The molecule has 2 fully saturated rings. The Hall–Kier alpha value is -2.02. The minimum absolute atomic E-state index is 0.157. The number of nitrogens with two attached hydrogens (primary N) is 1. The Morgan fingerprint density at radius 3 is 2.48 bits per heavy atom. The highest BCUT2D eigenvalue weighted by molar-refractivity contribution is 6.09. The minimum Gasteiger partial charge on any atom is -0.342 e. The van der Waals surface area contributed by atoms with E-state index in [0.29, 0.717) is 26.1 Å². The molecular weight excluding hydrogens is 304 g/mol. The van der Waals surface area contributed by atoms with Crippen molar-refractivity contribution in [2.24, 2.45) is 17.6 Å². The topological polar surface area (TPSA) is 66.6 Å². The first-order valence-corrected chi connectivity index (χ1v) is 7.76. The van der Waals surface area contributed by atoms with Crippen molar-refractivity contribution in [1.29, 1.82) is 0 Å². The second-order valence-corrected chi connectivity index (χ2v) is 6.13. The molecule has 0 radical (unpaired) electrons. The zero-order valence-corrected chi connectivity index (χ0v) is 12.7. The predicted octanol–water partition coefficient (Wildman–Crippen LogP) is 1.12. The molecule has 23 heavy (non-hydrogen) atoms. The van der Waals surface area contributed by atoms with Crippen LogP contribution in [0, 0.1) is 23.5 Å². The van der Waals surface area contributed by atoms with Crippen LogP contribution in [-0.4, -0.2) is 42.9 Å². The molecule has 124 valence electrons. The highest BCUT2D eigenvalue weighted by Gasteiger charge is 2.41. The van der Waals surface area contributed by atoms with E-state index >= 15 is 0 Å². The van der Waals surface area contributed by atoms with Crippen molar-refractivity contribution >= 4 is 17.5 Å². The summed E-state index contributed by atoms with van der Waals surface area (Å²) in [5.41, 5.74) is 5.78. The van der Waals surface area contributed by atoms with Gasteiger partial charge in [0.05, 0.1) is 0 Å². The van der Waals surface area contributed by atoms with Gasteiger partial charge in [0.25, 0.3) is 0 Å². The van der Waals surface area contributed by atoms with E-state index in [-0.39, 0.29) is 24.1 Å². The van der Waals surface area contributed by atoms with Crippen LogP contribution >= 0.6 is 0 Å². The molecule has 2 N–H and O–H groups in total. The Bertz CT molecular complexity index is 618. The molecule has 2 amide bonds. The lowest BCUT2D eigenvalue weighted by Crippen LogP contribution is -2.39. The number of rotatable bonds is 3. The number of carbonyl (C=O) groups excluding carboxylic acids is 2. The Balaban J connectivity index is 1.72. The summed E-state index contributed by atoms with van der Waals surface area (Å²) in [7, 11) is 0. The number of nitrogens with zero attached hydrogens (tertiary/aromatic N) is 2. The van der Waals surface area contributed by atoms with Crippen molar-refractivity contribution in [1.82, 2.24) is 4.90 Å². The van der Waals surface area contributed by atoms with E-state index in [0.717, 1.165) is 24.6 Å². The van der Waals surface area contributed by atoms with Crippen LogP contribution in [0.1, 0.15) is 12.8 Å². The summed E-state index contributed by atoms with van der Waals surface area (Å²) < 4.78 is 26.7. The average molecular weight is 323 g/mol. The van der Waals surface area contributed by atoms with Crippen LogP contribution in [0.2, 0.25) is 0 Å². The molecule has 2 aliphatic heterocycles. The second-order valence-electron chi connectivity index (χ2n) is 6.13. The summed E-state index contributed by atoms with van der Waals surface area (Å²) in [5.74, 6) is -2.57. The number of halogens is 2. The van der Waals surface area contributed by atoms with E-state index < -0.39 is 23.5 Å². The normalized spacial score (nSPS) is 24.6. The lowest BCUT2D eigenvalue weighted by atomic mass is 10.1. The summed E-state index contributed by atoms with van der Waals surface area (Å²) in [4.78, 5) is 28.0. The lowest BCUT2D eigenvalue weighted by molar-refractivity contribution is -0.139. The molecule has 2 heterocycles. The number of carbonyl (C=O) groups is 2. The van der Waals surface area contributed by atoms with E-state index in [9.17, 15) is 18.4 Å². The number of hydrogen-bond donors (Lipinski definition) is 1. The van der Waals surface area contributed by atoms with Crippen LogP contribution in [0.15, 0.2) is 18.2 Å². The molecule has 7 heteroatoms. The highest BCUT2D eigenvalue weighted by Crippen LogP contribution is 2.29. The number of anilines is 1. The summed E-state index contributed by atoms with van der Waals surface area (Å²) in [5, 5.41) is 0. The van der Waals surface area contributed by atoms with Gasteiger partial charge in [-0.2, -0.15) is 0 Å². The molecule has 5 nitrogen and oxygen atoms in total. The molecule has 0 unspecified atom stereocenters. The Labute approximate surface area is 133 Å². The first kappa shape index (κ1) is 15.9. The van der Waals surface area contributed by atoms with E-state index in [1.54, 1.807) is 4.90 Å². The van der Waals surface area contributed by atoms with Crippen LogP contribution in [0.25, 0.3) is 0 Å². The monoisotopic (exact) mass is 323 g/mol. The standard InChI is InChI=1S/C16H19F2N3O2/c17-11-5-12(18)7-13(6-11)21-4-2-14(16(21)23)15(22)20-3-1-10(8-19)9-20/h5-7,10,14H,1-4,8-9,19H2/t10-,14+/m1/s1. The second kappa shape index (κ2) is 6.23. The molecule has 0 spiro atoms. The molecule has 0 saturated carbocycles. The van der Waals surface area contributed by atoms with Crippen molar-refractivity contribution in [2.75, 3.05) is 31.1 Å². The third-order valence-corrected chi connectivity index (χ3v) is 4.59. The van der Waals surface area contributed by atoms with Crippen LogP contribution in [0.5, 0.6) is 0 Å². The van der Waals surface area contributed by atoms with Gasteiger partial charge in [-0.3, -0.25) is 9.59 Å². The molecule has 2 saturated heterocycles. The van der Waals surface area contributed by atoms with Crippen LogP contribution in [0.4, 0.5) is 14.5 Å². The first-order chi connectivity index (χ1) is 11.0. The maximum Gasteiger partial charge on any atom is 0.239 e. The Morgan fingerprint density at radius 2 is 1.87 bits per heavy atom. The molecular formula is C16H19F2N3O2. The number of likely N-dealkylation sites (tertiary alicyclic amines) is 1. The fraction of sp³-hybridized carbons (Fsp3) is 0.500. The van der Waals surface area contributed by atoms with Gasteiger partial charge in [-0.1, -0.05) is 0 Å². The average Bonchev–Trinajstić information content (AvgIpc) is 3.12. The zero-order chi connectivity index (χ0) is 16.6. The van der Waals surface area contributed by atoms with Crippen LogP contribution in [0.3, 0.4) is 0 Å². The zero-order valence-electron chi connectivity index (χ0n) is 12.7. The Morgan fingerprint density at radius 1 is 1.17 bits per heavy atom. The maximum atomic E-state index is 13.3. The number of amides is 2. The lowest BCUT2D eigenvalue weighted by Gasteiger charge is -2.21. The van der Waals surface area contributed by atoms with Gasteiger partial charge in [0.15, 0.2) is 0 Å². The molecule has 3 rings (SSSR count). The summed E-state index contributed by atoms with van der Waals surface area (Å²) >= 11 is 0. The summed E-state index contributed by atoms with van der Waals surface area (Å²) in [6.07, 6.45) is 1.21. The number of hydrogen-bond acceptors (Lipinski definition) is 3. The SMILES string of the molecule is NC[C@H]1CCN(C(=O)[C@@H]2CCN(c3cc(F)cc(F)c3)C2=O)C1. The molecule has 0 aliphatic carbocycles. The van der Waals surface area contributed by atoms with Gasteiger partial charge in [-0.15, -0.1) is 0 Å². The molecule has 1 aromatic carbocycles. The van der Waals surface area contributed by atoms with Crippen LogP contribution in [-0.2, 0) is 9.59 Å². The fourth-order valence-electron chi connectivity index (χ4n) is 3.31. The highest BCUT2D eigenvalue weighted by atomic mass is 19.1. The van der Waals surface area contributed by atoms with Gasteiger partial charge in [-0.05, 0) is 37.4 Å². The van der Waals surface area contributed by atoms with Crippen molar-refractivity contribution < 1.29 is 18.4 Å². The third kappa shape index (κ3) is 3.06. The van der Waals surface area contributed by atoms with Gasteiger partial charge in [0.1, 0.15) is 17.6 Å². The van der Waals surface area contributed by atoms with Crippen LogP contribution < -0.4 is 10.6 Å². The quantitative estimate of drug-likeness (QED) is 0.848. The fourth-order valence-corrected chi connectivity index (χ4v) is 3.31. The molecule has 0 aromatic heterocycles. The molecule has 1 aromatic rings. The first-order valence-electron chi connectivity index (χ1n) is 7.76. The third-order valence-electron chi connectivity index (χ3n) is 4.59. The molecule has 2 aliphatic rings. The number of benzene rings is 1. The molecule has 0 bridgehead atoms. The van der Waals surface area contributed by atoms with Crippen molar-refractivity contribution in [3.05, 3.63) is 29.8 Å². The molecule has 2 atom stereocenters. The van der Waals surface area contributed by atoms with Crippen molar-refractivity contribution in [3.8, 4) is 0 Å². The smallest absolute Gasteiger partial charge is 0.239 e. The largest absolute Gasteiger partial charge is 0.342 e. The van der Waals surface area contributed by atoms with Gasteiger partial charge in [-0.25, -0.2) is 8.78 Å². The van der Waals surface area contributed by atoms with E-state index in [2.05, 4.69) is 0 Å². The van der Waals surface area contributed by atoms with Crippen molar-refractivity contribution in [2.45, 2.75) is 12.8 Å². The van der Waals surface area contributed by atoms with Crippen molar-refractivity contribution in [3.63, 3.8) is 0 Å². The minimum atomic E-state index is -0.766. The maximum absolute atomic E-state index is 13.3. The van der Waals surface area contributed by atoms with E-state index in [1.807, 2.05) is 0 Å². The Kier molecular flexibility index (Phi) is 4.30. The van der Waals surface area contributed by atoms with Gasteiger partial charge >= 0.3 is 0 Å². The van der Waals surface area contributed by atoms with Gasteiger partial charge in [0, 0.05) is 31.4 Å². The predicted molar refractivity (Wildman–Crippen MR) is 80.6 cm³/mol. The van der Waals surface area contributed by atoms with E-state index in [1.165, 1.54) is 4.90 Å². The summed E-state index contributed by atoms with van der Waals surface area (Å²) in [6, 6.07) is 2.96. The summed E-state index contributed by atoms with van der Waals surface area (Å²) in [6.45, 7) is 2.00. The van der Waals surface area contributed by atoms with Gasteiger partial charge < -0.3 is 15.5 Å². The van der Waals surface area contributed by atoms with E-state index in [4.69, 9.17) is 5.73 Å².